The van der Waals surface area contributed by atoms with Crippen molar-refractivity contribution in [3.05, 3.63) is 36.0 Å². The molecular formula is C28H21F17N2O2. The van der Waals surface area contributed by atoms with E-state index in [0.29, 0.717) is 22.2 Å². The summed E-state index contributed by atoms with van der Waals surface area (Å²) in [5.41, 5.74) is 0.784. The summed E-state index contributed by atoms with van der Waals surface area (Å²) >= 11 is 0. The number of hydrogen-bond donors (Lipinski definition) is 1. The van der Waals surface area contributed by atoms with Crippen molar-refractivity contribution in [1.29, 1.82) is 0 Å². The van der Waals surface area contributed by atoms with Crippen molar-refractivity contribution in [2.45, 2.75) is 72.6 Å². The fraction of sp³-hybridized carbons (Fsp3) is 0.607. The number of rotatable bonds is 9. The van der Waals surface area contributed by atoms with Crippen molar-refractivity contribution in [3.63, 3.8) is 0 Å². The highest BCUT2D eigenvalue weighted by molar-refractivity contribution is 5.84. The van der Waals surface area contributed by atoms with Gasteiger partial charge in [-0.15, -0.1) is 0 Å². The summed E-state index contributed by atoms with van der Waals surface area (Å²) in [6.45, 7) is -0.240. The van der Waals surface area contributed by atoms with E-state index in [1.165, 1.54) is 30.2 Å². The van der Waals surface area contributed by atoms with Crippen LogP contribution >= 0.6 is 0 Å². The van der Waals surface area contributed by atoms with Crippen molar-refractivity contribution >= 4 is 10.9 Å². The Morgan fingerprint density at radius 3 is 1.86 bits per heavy atom. The molecule has 2 bridgehead atoms. The van der Waals surface area contributed by atoms with Gasteiger partial charge in [-0.2, -0.15) is 74.6 Å². The fourth-order valence-corrected chi connectivity index (χ4v) is 5.72. The molecule has 3 aliphatic rings. The number of alkyl halides is 17. The lowest BCUT2D eigenvalue weighted by Gasteiger charge is -2.50. The van der Waals surface area contributed by atoms with Gasteiger partial charge in [0.05, 0.1) is 18.7 Å². The van der Waals surface area contributed by atoms with Crippen molar-refractivity contribution in [3.8, 4) is 17.6 Å². The molecule has 5 atom stereocenters. The first-order valence-electron chi connectivity index (χ1n) is 13.7. The predicted molar refractivity (Wildman–Crippen MR) is 133 cm³/mol. The lowest BCUT2D eigenvalue weighted by molar-refractivity contribution is -0.459. The maximum atomic E-state index is 14.4. The average molecular weight is 740 g/mol. The Morgan fingerprint density at radius 2 is 1.35 bits per heavy atom. The van der Waals surface area contributed by atoms with Crippen LogP contribution in [0.5, 0.6) is 5.75 Å². The number of methoxy groups -OCH3 is 1. The maximum Gasteiger partial charge on any atom is 0.460 e. The number of piperidine rings is 3. The lowest BCUT2D eigenvalue weighted by atomic mass is 9.73. The Bertz CT molecular complexity index is 1620. The molecule has 49 heavy (non-hydrogen) atoms. The van der Waals surface area contributed by atoms with E-state index >= 15 is 0 Å². The highest BCUT2D eigenvalue weighted by atomic mass is 19.4. The second kappa shape index (κ2) is 11.9. The van der Waals surface area contributed by atoms with Gasteiger partial charge in [-0.3, -0.25) is 9.88 Å². The lowest BCUT2D eigenvalue weighted by Crippen LogP contribution is -2.74. The van der Waals surface area contributed by atoms with Gasteiger partial charge < -0.3 is 9.84 Å². The highest BCUT2D eigenvalue weighted by Crippen LogP contribution is 2.64. The standard InChI is InChI=1S/C28H21F17N2O2/c1-49-15-2-3-18-17(11-15)16(5-8-46-18)20(48)19-10-13-6-9-47(19)12-14(13)4-7-21(29,30)22(31,32)23(33,34)24(35,36)25(37,38)26(39,40)27(41,42)28(43,44)45/h2-3,5,8,11,13-14,19-20,48H,6,9-10,12H2,1H3/t13-,14-,19-,20+/m0/s1. The van der Waals surface area contributed by atoms with Gasteiger partial charge in [0.1, 0.15) is 5.75 Å². The molecule has 0 radical (unpaired) electrons. The van der Waals surface area contributed by atoms with E-state index in [-0.39, 0.29) is 25.3 Å². The molecule has 1 N–H and O–H groups in total. The third kappa shape index (κ3) is 5.69. The molecule has 274 valence electrons. The van der Waals surface area contributed by atoms with Crippen LogP contribution in [0.2, 0.25) is 0 Å². The molecular weight excluding hydrogens is 719 g/mol. The molecule has 3 aliphatic heterocycles. The molecule has 4 nitrogen and oxygen atoms in total. The summed E-state index contributed by atoms with van der Waals surface area (Å²) in [6, 6.07) is 5.44. The van der Waals surface area contributed by atoms with Gasteiger partial charge in [-0.1, -0.05) is 5.92 Å². The number of aromatic nitrogens is 1. The van der Waals surface area contributed by atoms with Crippen molar-refractivity contribution in [1.82, 2.24) is 9.88 Å². The van der Waals surface area contributed by atoms with Gasteiger partial charge in [0.15, 0.2) is 0 Å². The van der Waals surface area contributed by atoms with Crippen LogP contribution in [0.1, 0.15) is 24.5 Å². The number of benzene rings is 1. The molecule has 3 saturated heterocycles. The minimum absolute atomic E-state index is 0.0841. The van der Waals surface area contributed by atoms with E-state index in [9.17, 15) is 79.7 Å². The normalized spacial score (nSPS) is 23.7. The third-order valence-corrected chi connectivity index (χ3v) is 8.60. The maximum absolute atomic E-state index is 14.4. The third-order valence-electron chi connectivity index (χ3n) is 8.60. The first-order valence-corrected chi connectivity index (χ1v) is 13.7. The summed E-state index contributed by atoms with van der Waals surface area (Å²) in [7, 11) is 1.38. The van der Waals surface area contributed by atoms with Gasteiger partial charge in [0.2, 0.25) is 0 Å². The number of ether oxygens (including phenoxy) is 1. The Kier molecular flexibility index (Phi) is 9.36. The minimum atomic E-state index is -8.69. The highest BCUT2D eigenvalue weighted by Gasteiger charge is 2.95. The van der Waals surface area contributed by atoms with Gasteiger partial charge >= 0.3 is 47.6 Å². The first-order chi connectivity index (χ1) is 22.1. The van der Waals surface area contributed by atoms with Crippen LogP contribution in [0, 0.1) is 23.7 Å². The van der Waals surface area contributed by atoms with E-state index in [2.05, 4.69) is 4.98 Å². The van der Waals surface area contributed by atoms with E-state index < -0.39 is 78.2 Å². The average Bonchev–Trinajstić information content (AvgIpc) is 3.02. The molecule has 3 fully saturated rings. The van der Waals surface area contributed by atoms with E-state index in [4.69, 9.17) is 4.74 Å². The van der Waals surface area contributed by atoms with Crippen LogP contribution in [0.25, 0.3) is 10.9 Å². The van der Waals surface area contributed by atoms with E-state index in [1.807, 2.05) is 0 Å². The largest absolute Gasteiger partial charge is 0.497 e. The number of fused-ring (bicyclic) bond motifs is 4. The summed E-state index contributed by atoms with van der Waals surface area (Å²) in [6.07, 6.45) is -7.71. The molecule has 5 rings (SSSR count). The number of pyridine rings is 1. The molecule has 2 aromatic rings. The predicted octanol–water partition coefficient (Wildman–Crippen LogP) is 8.00. The van der Waals surface area contributed by atoms with Crippen molar-refractivity contribution < 1.29 is 84.5 Å². The first kappa shape index (κ1) is 38.5. The summed E-state index contributed by atoms with van der Waals surface area (Å²) in [5.74, 6) is -57.2. The zero-order valence-corrected chi connectivity index (χ0v) is 24.2. The number of halogens is 17. The van der Waals surface area contributed by atoms with Crippen LogP contribution in [-0.2, 0) is 0 Å². The Balaban J connectivity index is 1.59. The van der Waals surface area contributed by atoms with Gasteiger partial charge in [-0.25, -0.2) is 0 Å². The quantitative estimate of drug-likeness (QED) is 0.209. The SMILES string of the molecule is COc1ccc2nccc([C@@H](O)[C@@H]3C[C@@H]4CCN3C[C@@H]4C#CC(F)(F)C(F)(F)C(F)(F)C(F)(F)C(F)(F)C(F)(F)C(F)(F)C(F)(F)F)c2c1. The molecule has 0 spiro atoms. The fourth-order valence-electron chi connectivity index (χ4n) is 5.72. The topological polar surface area (TPSA) is 45.6 Å². The van der Waals surface area contributed by atoms with Crippen LogP contribution in [0.3, 0.4) is 0 Å². The van der Waals surface area contributed by atoms with Crippen LogP contribution in [-0.4, -0.2) is 88.9 Å². The summed E-state index contributed by atoms with van der Waals surface area (Å²) in [4.78, 5) is 5.62. The Labute approximate surface area is 264 Å². The molecule has 0 saturated carbocycles. The van der Waals surface area contributed by atoms with Crippen molar-refractivity contribution in [2.75, 3.05) is 20.2 Å². The smallest absolute Gasteiger partial charge is 0.460 e. The number of aliphatic hydroxyl groups is 1. The van der Waals surface area contributed by atoms with Gasteiger partial charge in [0, 0.05) is 30.1 Å². The Morgan fingerprint density at radius 1 is 0.796 bits per heavy atom. The summed E-state index contributed by atoms with van der Waals surface area (Å²) in [5, 5.41) is 11.7. The molecule has 4 heterocycles. The molecule has 1 aromatic heterocycles. The monoisotopic (exact) mass is 740 g/mol. The van der Waals surface area contributed by atoms with E-state index in [1.54, 1.807) is 18.2 Å². The molecule has 0 amide bonds. The Hall–Kier alpha value is -3.28. The minimum Gasteiger partial charge on any atom is -0.497 e. The number of nitrogens with zero attached hydrogens (tertiary/aromatic N) is 2. The van der Waals surface area contributed by atoms with Crippen LogP contribution in [0.15, 0.2) is 30.5 Å². The zero-order valence-electron chi connectivity index (χ0n) is 24.2. The summed E-state index contributed by atoms with van der Waals surface area (Å²) < 4.78 is 236. The zero-order chi connectivity index (χ0) is 37.4. The van der Waals surface area contributed by atoms with Crippen LogP contribution in [0.4, 0.5) is 74.6 Å². The van der Waals surface area contributed by atoms with Gasteiger partial charge in [-0.05, 0) is 61.1 Å². The molecule has 0 aliphatic carbocycles. The van der Waals surface area contributed by atoms with Gasteiger partial charge in [0.25, 0.3) is 0 Å². The second-order valence-corrected chi connectivity index (χ2v) is 11.5. The molecule has 21 heteroatoms. The van der Waals surface area contributed by atoms with Crippen molar-refractivity contribution in [2.24, 2.45) is 11.8 Å². The number of hydrogen-bond acceptors (Lipinski definition) is 4. The van der Waals surface area contributed by atoms with E-state index in [0.717, 1.165) is 0 Å². The second-order valence-electron chi connectivity index (χ2n) is 11.5. The molecule has 1 aromatic carbocycles. The molecule has 1 unspecified atom stereocenters. The van der Waals surface area contributed by atoms with Crippen LogP contribution < -0.4 is 4.74 Å². The number of aliphatic hydroxyl groups excluding tert-OH is 1.